The highest BCUT2D eigenvalue weighted by Crippen LogP contribution is 2.40. The lowest BCUT2D eigenvalue weighted by molar-refractivity contribution is -0.110. The van der Waals surface area contributed by atoms with Crippen LogP contribution in [0.4, 0.5) is 11.4 Å². The normalized spacial score (nSPS) is 16.5. The number of nitrogens with one attached hydrogen (secondary N) is 3. The number of H-pyrrole nitrogens is 1. The Bertz CT molecular complexity index is 1130. The fraction of sp³-hybridized carbons (Fsp3) is 0.227. The maximum atomic E-state index is 12.6. The van der Waals surface area contributed by atoms with Crippen LogP contribution in [0.5, 0.6) is 0 Å². The van der Waals surface area contributed by atoms with Crippen molar-refractivity contribution in [3.05, 3.63) is 58.7 Å². The summed E-state index contributed by atoms with van der Waals surface area (Å²) >= 11 is 0. The second kappa shape index (κ2) is 6.34. The van der Waals surface area contributed by atoms with Crippen molar-refractivity contribution in [2.75, 3.05) is 17.2 Å². The van der Waals surface area contributed by atoms with Crippen LogP contribution in [0.25, 0.3) is 22.8 Å². The maximum absolute atomic E-state index is 12.6. The minimum absolute atomic E-state index is 0.0848. The SMILES string of the molecule is Cc1cc(-c2cnc3c(c2C)NCCC3)cc2c1NC(=O)/C2=C\c1cn[nH]c1. The minimum Gasteiger partial charge on any atom is -0.383 e. The molecule has 6 heteroatoms. The van der Waals surface area contributed by atoms with Crippen LogP contribution in [0, 0.1) is 13.8 Å². The van der Waals surface area contributed by atoms with Crippen molar-refractivity contribution < 1.29 is 4.79 Å². The zero-order valence-corrected chi connectivity index (χ0v) is 15.9. The standard InChI is InChI=1S/C22H21N5O/c1-12-6-15(18-11-24-19-4-3-5-23-21(19)13(18)2)8-16-17(22(28)27-20(12)16)7-14-9-25-26-10-14/h6-11,23H,3-5H2,1-2H3,(H,25,26)(H,27,28)/b17-7-. The van der Waals surface area contributed by atoms with Gasteiger partial charge in [0.05, 0.1) is 23.3 Å². The molecule has 0 spiro atoms. The van der Waals surface area contributed by atoms with Gasteiger partial charge in [0, 0.05) is 41.2 Å². The molecule has 2 aliphatic rings. The number of hydrogen-bond donors (Lipinski definition) is 3. The number of aromatic amines is 1. The molecule has 0 saturated carbocycles. The van der Waals surface area contributed by atoms with E-state index >= 15 is 0 Å². The molecule has 0 radical (unpaired) electrons. The van der Waals surface area contributed by atoms with Gasteiger partial charge in [-0.2, -0.15) is 5.10 Å². The zero-order valence-electron chi connectivity index (χ0n) is 15.9. The van der Waals surface area contributed by atoms with Crippen LogP contribution in [0.15, 0.2) is 30.7 Å². The Labute approximate surface area is 163 Å². The molecule has 1 aromatic carbocycles. The summed E-state index contributed by atoms with van der Waals surface area (Å²) < 4.78 is 0. The number of carbonyl (C=O) groups is 1. The van der Waals surface area contributed by atoms with Crippen molar-refractivity contribution in [2.45, 2.75) is 26.7 Å². The van der Waals surface area contributed by atoms with Gasteiger partial charge in [-0.1, -0.05) is 0 Å². The molecule has 0 aliphatic carbocycles. The van der Waals surface area contributed by atoms with Crippen LogP contribution in [-0.2, 0) is 11.2 Å². The molecule has 2 aliphatic heterocycles. The molecule has 6 nitrogen and oxygen atoms in total. The third-order valence-corrected chi connectivity index (χ3v) is 5.56. The van der Waals surface area contributed by atoms with Gasteiger partial charge in [0.1, 0.15) is 0 Å². The molecule has 140 valence electrons. The number of amides is 1. The molecular formula is C22H21N5O. The average molecular weight is 371 g/mol. The third kappa shape index (κ3) is 2.60. The summed E-state index contributed by atoms with van der Waals surface area (Å²) in [6.07, 6.45) is 9.45. The monoisotopic (exact) mass is 371 g/mol. The number of rotatable bonds is 2. The molecule has 0 atom stereocenters. The molecule has 0 saturated heterocycles. The van der Waals surface area contributed by atoms with Gasteiger partial charge in [-0.25, -0.2) is 0 Å². The topological polar surface area (TPSA) is 82.7 Å². The van der Waals surface area contributed by atoms with Gasteiger partial charge in [0.2, 0.25) is 0 Å². The largest absolute Gasteiger partial charge is 0.383 e. The minimum atomic E-state index is -0.0848. The van der Waals surface area contributed by atoms with E-state index in [0.29, 0.717) is 5.57 Å². The van der Waals surface area contributed by atoms with Crippen molar-refractivity contribution in [3.8, 4) is 11.1 Å². The summed E-state index contributed by atoms with van der Waals surface area (Å²) in [5.74, 6) is -0.0848. The van der Waals surface area contributed by atoms with Crippen molar-refractivity contribution in [2.24, 2.45) is 0 Å². The van der Waals surface area contributed by atoms with E-state index in [2.05, 4.69) is 39.9 Å². The molecule has 0 bridgehead atoms. The van der Waals surface area contributed by atoms with Crippen molar-refractivity contribution >= 4 is 28.9 Å². The van der Waals surface area contributed by atoms with E-state index in [4.69, 9.17) is 4.98 Å². The lowest BCUT2D eigenvalue weighted by atomic mass is 9.93. The Hall–Kier alpha value is -3.41. The van der Waals surface area contributed by atoms with Crippen molar-refractivity contribution in [3.63, 3.8) is 0 Å². The number of carbonyl (C=O) groups excluding carboxylic acids is 1. The van der Waals surface area contributed by atoms with E-state index in [-0.39, 0.29) is 5.91 Å². The van der Waals surface area contributed by atoms with Crippen LogP contribution in [0.3, 0.4) is 0 Å². The van der Waals surface area contributed by atoms with Crippen molar-refractivity contribution in [1.82, 2.24) is 15.2 Å². The molecule has 3 N–H and O–H groups in total. The van der Waals surface area contributed by atoms with Gasteiger partial charge in [-0.05, 0) is 61.6 Å². The Morgan fingerprint density at radius 2 is 2.00 bits per heavy atom. The van der Waals surface area contributed by atoms with E-state index in [1.165, 1.54) is 5.56 Å². The molecule has 3 aromatic rings. The first-order chi connectivity index (χ1) is 13.6. The molecule has 2 aromatic heterocycles. The van der Waals surface area contributed by atoms with E-state index < -0.39 is 0 Å². The summed E-state index contributed by atoms with van der Waals surface area (Å²) in [5, 5.41) is 13.3. The second-order valence-corrected chi connectivity index (χ2v) is 7.41. The summed E-state index contributed by atoms with van der Waals surface area (Å²) in [6, 6.07) is 4.21. The van der Waals surface area contributed by atoms with Crippen molar-refractivity contribution in [1.29, 1.82) is 0 Å². The van der Waals surface area contributed by atoms with Gasteiger partial charge >= 0.3 is 0 Å². The lowest BCUT2D eigenvalue weighted by Crippen LogP contribution is -2.14. The molecule has 1 amide bonds. The average Bonchev–Trinajstić information content (AvgIpc) is 3.32. The van der Waals surface area contributed by atoms with Crippen LogP contribution in [0.1, 0.15) is 34.4 Å². The highest BCUT2D eigenvalue weighted by Gasteiger charge is 2.27. The highest BCUT2D eigenvalue weighted by atomic mass is 16.2. The maximum Gasteiger partial charge on any atom is 0.256 e. The number of benzene rings is 1. The smallest absolute Gasteiger partial charge is 0.256 e. The van der Waals surface area contributed by atoms with E-state index in [0.717, 1.165) is 64.3 Å². The van der Waals surface area contributed by atoms with Gasteiger partial charge in [0.15, 0.2) is 0 Å². The van der Waals surface area contributed by atoms with Gasteiger partial charge in [0.25, 0.3) is 5.91 Å². The first-order valence-electron chi connectivity index (χ1n) is 9.51. The zero-order chi connectivity index (χ0) is 19.3. The Kier molecular flexibility index (Phi) is 3.79. The lowest BCUT2D eigenvalue weighted by Gasteiger charge is -2.21. The second-order valence-electron chi connectivity index (χ2n) is 7.41. The molecular weight excluding hydrogens is 350 g/mol. The van der Waals surface area contributed by atoms with E-state index in [1.54, 1.807) is 12.4 Å². The van der Waals surface area contributed by atoms with Crippen LogP contribution >= 0.6 is 0 Å². The van der Waals surface area contributed by atoms with Crippen LogP contribution in [0.2, 0.25) is 0 Å². The van der Waals surface area contributed by atoms with Crippen LogP contribution in [-0.4, -0.2) is 27.6 Å². The van der Waals surface area contributed by atoms with E-state index in [1.807, 2.05) is 19.2 Å². The fourth-order valence-corrected chi connectivity index (χ4v) is 4.11. The molecule has 0 fully saturated rings. The number of anilines is 2. The number of aryl methyl sites for hydroxylation is 2. The summed E-state index contributed by atoms with van der Waals surface area (Å²) in [4.78, 5) is 17.3. The molecule has 0 unspecified atom stereocenters. The predicted octanol–water partition coefficient (Wildman–Crippen LogP) is 3.94. The summed E-state index contributed by atoms with van der Waals surface area (Å²) in [6.45, 7) is 5.16. The number of aromatic nitrogens is 3. The quantitative estimate of drug-likeness (QED) is 0.596. The first kappa shape index (κ1) is 16.7. The Balaban J connectivity index is 1.66. The number of fused-ring (bicyclic) bond motifs is 2. The summed E-state index contributed by atoms with van der Waals surface area (Å²) in [7, 11) is 0. The number of hydrogen-bond acceptors (Lipinski definition) is 4. The fourth-order valence-electron chi connectivity index (χ4n) is 4.11. The van der Waals surface area contributed by atoms with Gasteiger partial charge < -0.3 is 10.6 Å². The number of nitrogens with zero attached hydrogens (tertiary/aromatic N) is 2. The molecule has 5 rings (SSSR count). The van der Waals surface area contributed by atoms with E-state index in [9.17, 15) is 4.79 Å². The molecule has 4 heterocycles. The Morgan fingerprint density at radius 3 is 2.82 bits per heavy atom. The molecule has 28 heavy (non-hydrogen) atoms. The van der Waals surface area contributed by atoms with Gasteiger partial charge in [-0.15, -0.1) is 0 Å². The Morgan fingerprint density at radius 1 is 1.11 bits per heavy atom. The third-order valence-electron chi connectivity index (χ3n) is 5.56. The highest BCUT2D eigenvalue weighted by molar-refractivity contribution is 6.35. The van der Waals surface area contributed by atoms with Gasteiger partial charge in [-0.3, -0.25) is 14.9 Å². The number of pyridine rings is 1. The van der Waals surface area contributed by atoms with Crippen LogP contribution < -0.4 is 10.6 Å². The predicted molar refractivity (Wildman–Crippen MR) is 111 cm³/mol. The first-order valence-corrected chi connectivity index (χ1v) is 9.51. The summed E-state index contributed by atoms with van der Waals surface area (Å²) in [5.41, 5.74) is 10.1.